The molecule has 1 aliphatic rings. The van der Waals surface area contributed by atoms with Crippen molar-refractivity contribution < 1.29 is 19.7 Å². The van der Waals surface area contributed by atoms with Crippen LogP contribution < -0.4 is 5.56 Å². The van der Waals surface area contributed by atoms with Gasteiger partial charge in [0.05, 0.1) is 30.1 Å². The van der Waals surface area contributed by atoms with Crippen LogP contribution in [-0.4, -0.2) is 33.2 Å². The maximum atomic E-state index is 12.9. The molecule has 2 aromatic heterocycles. The molecule has 1 aromatic carbocycles. The summed E-state index contributed by atoms with van der Waals surface area (Å²) in [5.41, 5.74) is 2.87. The molecule has 0 fully saturated rings. The van der Waals surface area contributed by atoms with Crippen LogP contribution in [0, 0.1) is 0 Å². The average Bonchev–Trinajstić information content (AvgIpc) is 3.07. The van der Waals surface area contributed by atoms with E-state index >= 15 is 0 Å². The predicted molar refractivity (Wildman–Crippen MR) is 105 cm³/mol. The van der Waals surface area contributed by atoms with Gasteiger partial charge in [0, 0.05) is 29.2 Å². The lowest BCUT2D eigenvalue weighted by atomic mass is 10.0. The summed E-state index contributed by atoms with van der Waals surface area (Å²) >= 11 is 0. The number of rotatable bonds is 4. The summed E-state index contributed by atoms with van der Waals surface area (Å²) in [7, 11) is 1.45. The standard InChI is InChI=1S/C19H16N2O5.C2H6/c1-26-9-14-13(17(24)8-22)6-16-18-11(7-21(16)19(14)25)4-10-5-12(23)2-3-15(10)20-18;1-2/h2-6,8,17,23-24H,7,9H2,1H3;1-2H3. The van der Waals surface area contributed by atoms with E-state index in [9.17, 15) is 19.8 Å². The van der Waals surface area contributed by atoms with Crippen molar-refractivity contribution in [3.63, 3.8) is 0 Å². The van der Waals surface area contributed by atoms with Gasteiger partial charge in [0.25, 0.3) is 5.56 Å². The van der Waals surface area contributed by atoms with Gasteiger partial charge in [-0.25, -0.2) is 4.98 Å². The minimum atomic E-state index is -1.40. The molecule has 28 heavy (non-hydrogen) atoms. The Morgan fingerprint density at radius 3 is 2.71 bits per heavy atom. The van der Waals surface area contributed by atoms with Crippen LogP contribution >= 0.6 is 0 Å². The maximum Gasteiger partial charge on any atom is 0.257 e. The number of aromatic hydroxyl groups is 1. The van der Waals surface area contributed by atoms with E-state index in [1.54, 1.807) is 28.8 Å². The first-order valence-electron chi connectivity index (χ1n) is 9.05. The highest BCUT2D eigenvalue weighted by atomic mass is 16.5. The van der Waals surface area contributed by atoms with Gasteiger partial charge in [-0.05, 0) is 30.3 Å². The zero-order valence-electron chi connectivity index (χ0n) is 16.0. The van der Waals surface area contributed by atoms with Gasteiger partial charge in [0.15, 0.2) is 6.29 Å². The van der Waals surface area contributed by atoms with Crippen LogP contribution in [0.15, 0.2) is 35.1 Å². The Kier molecular flexibility index (Phi) is 5.58. The van der Waals surface area contributed by atoms with Gasteiger partial charge in [-0.3, -0.25) is 4.79 Å². The number of nitrogens with zero attached hydrogens (tertiary/aromatic N) is 2. The Morgan fingerprint density at radius 1 is 1.29 bits per heavy atom. The van der Waals surface area contributed by atoms with E-state index in [0.717, 1.165) is 10.9 Å². The quantitative estimate of drug-likeness (QED) is 0.526. The molecule has 0 saturated heterocycles. The number of aromatic nitrogens is 2. The summed E-state index contributed by atoms with van der Waals surface area (Å²) in [5.74, 6) is 0.144. The first-order chi connectivity index (χ1) is 13.5. The zero-order chi connectivity index (χ0) is 20.4. The van der Waals surface area contributed by atoms with Gasteiger partial charge in [-0.15, -0.1) is 0 Å². The maximum absolute atomic E-state index is 12.9. The van der Waals surface area contributed by atoms with Crippen LogP contribution in [0.1, 0.15) is 36.6 Å². The number of carbonyl (C=O) groups excluding carboxylic acids is 1. The number of fused-ring (bicyclic) bond motifs is 4. The second-order valence-corrected chi connectivity index (χ2v) is 6.24. The summed E-state index contributed by atoms with van der Waals surface area (Å²) in [5, 5.41) is 20.5. The normalized spacial score (nSPS) is 12.7. The Morgan fingerprint density at radius 2 is 2.04 bits per heavy atom. The highest BCUT2D eigenvalue weighted by Gasteiger charge is 2.27. The number of carbonyl (C=O) groups is 1. The summed E-state index contributed by atoms with van der Waals surface area (Å²) in [4.78, 5) is 28.6. The minimum absolute atomic E-state index is 0.00102. The smallest absolute Gasteiger partial charge is 0.257 e. The number of aldehydes is 1. The monoisotopic (exact) mass is 382 g/mol. The number of aliphatic hydroxyl groups is 1. The Bertz CT molecular complexity index is 1100. The molecule has 0 amide bonds. The number of methoxy groups -OCH3 is 1. The van der Waals surface area contributed by atoms with Gasteiger partial charge >= 0.3 is 0 Å². The van der Waals surface area contributed by atoms with Crippen molar-refractivity contribution >= 4 is 17.2 Å². The topological polar surface area (TPSA) is 102 Å². The molecule has 7 heteroatoms. The molecule has 146 valence electrons. The fourth-order valence-corrected chi connectivity index (χ4v) is 3.41. The molecule has 3 heterocycles. The van der Waals surface area contributed by atoms with Crippen LogP contribution in [0.2, 0.25) is 0 Å². The summed E-state index contributed by atoms with van der Waals surface area (Å²) in [6, 6.07) is 8.38. The third-order valence-corrected chi connectivity index (χ3v) is 4.62. The molecule has 0 bridgehead atoms. The first kappa shape index (κ1) is 19.7. The zero-order valence-corrected chi connectivity index (χ0v) is 16.0. The molecule has 0 spiro atoms. The van der Waals surface area contributed by atoms with Crippen molar-refractivity contribution in [1.29, 1.82) is 0 Å². The Hall–Kier alpha value is -3.03. The second-order valence-electron chi connectivity index (χ2n) is 6.24. The summed E-state index contributed by atoms with van der Waals surface area (Å²) in [6.07, 6.45) is -1.02. The SMILES string of the molecule is CC.COCc1c(C(O)C=O)cc2n(c1=O)Cc1cc3cc(O)ccc3nc1-2. The van der Waals surface area contributed by atoms with Gasteiger partial charge in [0.1, 0.15) is 11.9 Å². The number of pyridine rings is 2. The van der Waals surface area contributed by atoms with E-state index in [-0.39, 0.29) is 29.0 Å². The Balaban J connectivity index is 0.00000109. The summed E-state index contributed by atoms with van der Waals surface area (Å²) in [6.45, 7) is 4.33. The number of hydrogen-bond donors (Lipinski definition) is 2. The molecule has 4 rings (SSSR count). The third-order valence-electron chi connectivity index (χ3n) is 4.62. The van der Waals surface area contributed by atoms with Crippen molar-refractivity contribution in [1.82, 2.24) is 9.55 Å². The van der Waals surface area contributed by atoms with Gasteiger partial charge in [-0.2, -0.15) is 0 Å². The number of phenols is 1. The molecule has 0 saturated carbocycles. The second kappa shape index (κ2) is 7.92. The molecule has 1 unspecified atom stereocenters. The highest BCUT2D eigenvalue weighted by Crippen LogP contribution is 2.34. The molecule has 2 N–H and O–H groups in total. The first-order valence-corrected chi connectivity index (χ1v) is 9.05. The van der Waals surface area contributed by atoms with Gasteiger partial charge in [-0.1, -0.05) is 13.8 Å². The van der Waals surface area contributed by atoms with Crippen molar-refractivity contribution in [2.45, 2.75) is 33.1 Å². The fourth-order valence-electron chi connectivity index (χ4n) is 3.41. The Labute approximate surface area is 161 Å². The van der Waals surface area contributed by atoms with E-state index in [1.165, 1.54) is 7.11 Å². The molecule has 1 atom stereocenters. The van der Waals surface area contributed by atoms with E-state index in [2.05, 4.69) is 4.98 Å². The van der Waals surface area contributed by atoms with E-state index in [1.807, 2.05) is 19.9 Å². The molecule has 3 aromatic rings. The van der Waals surface area contributed by atoms with E-state index in [4.69, 9.17) is 4.74 Å². The van der Waals surface area contributed by atoms with Crippen LogP contribution in [0.25, 0.3) is 22.3 Å². The van der Waals surface area contributed by atoms with Crippen LogP contribution in [-0.2, 0) is 22.7 Å². The molecule has 7 nitrogen and oxygen atoms in total. The number of phenolic OH excluding ortho intramolecular Hbond substituents is 1. The number of aliphatic hydroxyl groups excluding tert-OH is 1. The van der Waals surface area contributed by atoms with Crippen LogP contribution in [0.3, 0.4) is 0 Å². The molecular formula is C21H22N2O5. The lowest BCUT2D eigenvalue weighted by Gasteiger charge is -2.14. The average molecular weight is 382 g/mol. The van der Waals surface area contributed by atoms with Gasteiger partial charge < -0.3 is 24.3 Å². The predicted octanol–water partition coefficient (Wildman–Crippen LogP) is 2.54. The number of hydrogen-bond acceptors (Lipinski definition) is 6. The van der Waals surface area contributed by atoms with Crippen LogP contribution in [0.5, 0.6) is 5.75 Å². The van der Waals surface area contributed by atoms with Crippen molar-refractivity contribution in [2.24, 2.45) is 0 Å². The molecule has 0 aliphatic carbocycles. The molecular weight excluding hydrogens is 360 g/mol. The minimum Gasteiger partial charge on any atom is -0.508 e. The lowest BCUT2D eigenvalue weighted by molar-refractivity contribution is -0.115. The van der Waals surface area contributed by atoms with Crippen molar-refractivity contribution in [3.8, 4) is 17.1 Å². The van der Waals surface area contributed by atoms with Crippen LogP contribution in [0.4, 0.5) is 0 Å². The van der Waals surface area contributed by atoms with Gasteiger partial charge in [0.2, 0.25) is 0 Å². The third kappa shape index (κ3) is 3.19. The van der Waals surface area contributed by atoms with E-state index in [0.29, 0.717) is 29.7 Å². The van der Waals surface area contributed by atoms with E-state index < -0.39 is 6.10 Å². The highest BCUT2D eigenvalue weighted by molar-refractivity contribution is 5.85. The number of ether oxygens (including phenoxy) is 1. The van der Waals surface area contributed by atoms with Crippen molar-refractivity contribution in [2.75, 3.05) is 7.11 Å². The number of benzene rings is 1. The fraction of sp³-hybridized carbons (Fsp3) is 0.286. The largest absolute Gasteiger partial charge is 0.508 e. The van der Waals surface area contributed by atoms with Crippen molar-refractivity contribution in [3.05, 3.63) is 57.4 Å². The summed E-state index contributed by atoms with van der Waals surface area (Å²) < 4.78 is 6.63. The molecule has 0 radical (unpaired) electrons. The lowest BCUT2D eigenvalue weighted by Crippen LogP contribution is -2.26. The molecule has 1 aliphatic heterocycles.